The van der Waals surface area contributed by atoms with Crippen LogP contribution >= 0.6 is 27.5 Å². The number of benzene rings is 1. The number of halogens is 2. The van der Waals surface area contributed by atoms with Crippen LogP contribution in [0.25, 0.3) is 16.9 Å². The Hall–Kier alpha value is -2.12. The summed E-state index contributed by atoms with van der Waals surface area (Å²) in [5.41, 5.74) is 2.30. The molecule has 0 unspecified atom stereocenters. The van der Waals surface area contributed by atoms with Crippen molar-refractivity contribution >= 4 is 44.9 Å². The summed E-state index contributed by atoms with van der Waals surface area (Å²) in [6.45, 7) is 5.33. The van der Waals surface area contributed by atoms with Gasteiger partial charge in [-0.25, -0.2) is 4.98 Å². The molecule has 0 aliphatic rings. The standard InChI is InChI=1S/C20H23BrClN5O/c1-13(2)7-8-19(28)24-10-9-23-18-11-17(14-5-3-4-6-16(14)22)26-20-15(21)12-25-27(18)20/h3-6,11-13,23H,7-10H2,1-2H3,(H,24,28). The first kappa shape index (κ1) is 20.6. The minimum absolute atomic E-state index is 0.0777. The fourth-order valence-corrected chi connectivity index (χ4v) is 3.35. The molecule has 0 saturated heterocycles. The van der Waals surface area contributed by atoms with E-state index in [4.69, 9.17) is 11.6 Å². The molecule has 148 valence electrons. The zero-order valence-electron chi connectivity index (χ0n) is 15.9. The molecule has 0 bridgehead atoms. The van der Waals surface area contributed by atoms with Gasteiger partial charge in [-0.3, -0.25) is 4.79 Å². The number of nitrogens with one attached hydrogen (secondary N) is 2. The van der Waals surface area contributed by atoms with Crippen molar-refractivity contribution in [2.24, 2.45) is 5.92 Å². The molecule has 0 atom stereocenters. The summed E-state index contributed by atoms with van der Waals surface area (Å²) in [4.78, 5) is 16.5. The number of amides is 1. The van der Waals surface area contributed by atoms with Crippen LogP contribution < -0.4 is 10.6 Å². The molecule has 0 radical (unpaired) electrons. The van der Waals surface area contributed by atoms with E-state index in [0.29, 0.717) is 36.1 Å². The second-order valence-corrected chi connectivity index (χ2v) is 8.21. The Bertz CT molecular complexity index is 972. The fourth-order valence-electron chi connectivity index (χ4n) is 2.77. The number of hydrogen-bond acceptors (Lipinski definition) is 4. The maximum absolute atomic E-state index is 11.9. The maximum atomic E-state index is 11.9. The number of nitrogens with zero attached hydrogens (tertiary/aromatic N) is 3. The number of anilines is 1. The van der Waals surface area contributed by atoms with Crippen molar-refractivity contribution in [3.05, 3.63) is 46.0 Å². The zero-order valence-corrected chi connectivity index (χ0v) is 18.2. The molecule has 0 aliphatic heterocycles. The van der Waals surface area contributed by atoms with Gasteiger partial charge in [0.25, 0.3) is 0 Å². The number of carbonyl (C=O) groups excluding carboxylic acids is 1. The summed E-state index contributed by atoms with van der Waals surface area (Å²) in [7, 11) is 0. The van der Waals surface area contributed by atoms with Gasteiger partial charge in [0.1, 0.15) is 5.82 Å². The van der Waals surface area contributed by atoms with Crippen LogP contribution in [-0.4, -0.2) is 33.6 Å². The Morgan fingerprint density at radius 2 is 2.07 bits per heavy atom. The predicted molar refractivity (Wildman–Crippen MR) is 117 cm³/mol. The van der Waals surface area contributed by atoms with Crippen molar-refractivity contribution in [2.45, 2.75) is 26.7 Å². The van der Waals surface area contributed by atoms with E-state index in [1.807, 2.05) is 30.3 Å². The highest BCUT2D eigenvalue weighted by molar-refractivity contribution is 9.10. The van der Waals surface area contributed by atoms with Gasteiger partial charge < -0.3 is 10.6 Å². The van der Waals surface area contributed by atoms with Crippen molar-refractivity contribution in [3.8, 4) is 11.3 Å². The van der Waals surface area contributed by atoms with Crippen molar-refractivity contribution < 1.29 is 4.79 Å². The quantitative estimate of drug-likeness (QED) is 0.471. The van der Waals surface area contributed by atoms with Gasteiger partial charge in [-0.2, -0.15) is 9.61 Å². The lowest BCUT2D eigenvalue weighted by Crippen LogP contribution is -2.29. The van der Waals surface area contributed by atoms with Crippen LogP contribution in [0.3, 0.4) is 0 Å². The van der Waals surface area contributed by atoms with E-state index in [9.17, 15) is 4.79 Å². The van der Waals surface area contributed by atoms with Gasteiger partial charge >= 0.3 is 0 Å². The molecule has 0 saturated carbocycles. The molecule has 2 heterocycles. The van der Waals surface area contributed by atoms with Gasteiger partial charge in [-0.15, -0.1) is 0 Å². The van der Waals surface area contributed by atoms with Crippen LogP contribution in [0.15, 0.2) is 41.0 Å². The summed E-state index contributed by atoms with van der Waals surface area (Å²) in [6, 6.07) is 9.50. The second kappa shape index (κ2) is 9.39. The van der Waals surface area contributed by atoms with E-state index < -0.39 is 0 Å². The van der Waals surface area contributed by atoms with Gasteiger partial charge in [0.15, 0.2) is 5.65 Å². The van der Waals surface area contributed by atoms with Gasteiger partial charge in [-0.05, 0) is 34.3 Å². The minimum Gasteiger partial charge on any atom is -0.368 e. The molecule has 0 fully saturated rings. The molecule has 28 heavy (non-hydrogen) atoms. The third-order valence-corrected chi connectivity index (χ3v) is 5.17. The van der Waals surface area contributed by atoms with Crippen LogP contribution in [-0.2, 0) is 4.79 Å². The van der Waals surface area contributed by atoms with Gasteiger partial charge in [0.2, 0.25) is 5.91 Å². The molecule has 0 aliphatic carbocycles. The number of carbonyl (C=O) groups is 1. The Morgan fingerprint density at radius 1 is 1.29 bits per heavy atom. The smallest absolute Gasteiger partial charge is 0.220 e. The molecule has 6 nitrogen and oxygen atoms in total. The Morgan fingerprint density at radius 3 is 2.82 bits per heavy atom. The zero-order chi connectivity index (χ0) is 20.1. The summed E-state index contributed by atoms with van der Waals surface area (Å²) < 4.78 is 2.52. The third-order valence-electron chi connectivity index (χ3n) is 4.28. The molecular weight excluding hydrogens is 442 g/mol. The Labute approximate surface area is 177 Å². The first-order chi connectivity index (χ1) is 13.5. The average molecular weight is 465 g/mol. The van der Waals surface area contributed by atoms with Crippen LogP contribution in [0.4, 0.5) is 5.82 Å². The summed E-state index contributed by atoms with van der Waals surface area (Å²) >= 11 is 9.84. The summed E-state index contributed by atoms with van der Waals surface area (Å²) in [5.74, 6) is 1.38. The lowest BCUT2D eigenvalue weighted by atomic mass is 10.1. The first-order valence-electron chi connectivity index (χ1n) is 9.25. The minimum atomic E-state index is 0.0777. The van der Waals surface area contributed by atoms with E-state index in [-0.39, 0.29) is 5.91 Å². The van der Waals surface area contributed by atoms with Gasteiger partial charge in [0.05, 0.1) is 16.4 Å². The van der Waals surface area contributed by atoms with Gasteiger partial charge in [-0.1, -0.05) is 43.6 Å². The molecule has 3 aromatic rings. The third kappa shape index (κ3) is 5.02. The molecule has 2 N–H and O–H groups in total. The topological polar surface area (TPSA) is 71.3 Å². The Balaban J connectivity index is 1.74. The molecule has 0 spiro atoms. The van der Waals surface area contributed by atoms with Crippen LogP contribution in [0.5, 0.6) is 0 Å². The van der Waals surface area contributed by atoms with Crippen molar-refractivity contribution in [1.29, 1.82) is 0 Å². The molecule has 1 amide bonds. The fraction of sp³-hybridized carbons (Fsp3) is 0.350. The van der Waals surface area contributed by atoms with E-state index in [0.717, 1.165) is 28.0 Å². The largest absolute Gasteiger partial charge is 0.368 e. The number of fused-ring (bicyclic) bond motifs is 1. The molecule has 1 aromatic carbocycles. The lowest BCUT2D eigenvalue weighted by Gasteiger charge is -2.12. The SMILES string of the molecule is CC(C)CCC(=O)NCCNc1cc(-c2ccccc2Cl)nc2c(Br)cnn12. The number of hydrogen-bond donors (Lipinski definition) is 2. The summed E-state index contributed by atoms with van der Waals surface area (Å²) in [5, 5.41) is 11.3. The maximum Gasteiger partial charge on any atom is 0.220 e. The number of rotatable bonds is 8. The van der Waals surface area contributed by atoms with E-state index in [2.05, 4.69) is 50.5 Å². The van der Waals surface area contributed by atoms with Crippen molar-refractivity contribution in [2.75, 3.05) is 18.4 Å². The first-order valence-corrected chi connectivity index (χ1v) is 10.4. The van der Waals surface area contributed by atoms with Crippen molar-refractivity contribution in [3.63, 3.8) is 0 Å². The monoisotopic (exact) mass is 463 g/mol. The molecule has 2 aromatic heterocycles. The molecule has 8 heteroatoms. The Kier molecular flexibility index (Phi) is 6.91. The highest BCUT2D eigenvalue weighted by Crippen LogP contribution is 2.30. The summed E-state index contributed by atoms with van der Waals surface area (Å²) in [6.07, 6.45) is 3.16. The predicted octanol–water partition coefficient (Wildman–Crippen LogP) is 4.78. The normalized spacial score (nSPS) is 11.2. The van der Waals surface area contributed by atoms with Gasteiger partial charge in [0, 0.05) is 36.2 Å². The van der Waals surface area contributed by atoms with Crippen molar-refractivity contribution in [1.82, 2.24) is 19.9 Å². The molecular formula is C20H23BrClN5O. The van der Waals surface area contributed by atoms with E-state index in [1.54, 1.807) is 10.7 Å². The van der Waals surface area contributed by atoms with Crippen LogP contribution in [0, 0.1) is 5.92 Å². The van der Waals surface area contributed by atoms with E-state index >= 15 is 0 Å². The van der Waals surface area contributed by atoms with E-state index in [1.165, 1.54) is 0 Å². The highest BCUT2D eigenvalue weighted by atomic mass is 79.9. The lowest BCUT2D eigenvalue weighted by molar-refractivity contribution is -0.121. The highest BCUT2D eigenvalue weighted by Gasteiger charge is 2.13. The average Bonchev–Trinajstić information content (AvgIpc) is 3.05. The molecule has 3 rings (SSSR count). The van der Waals surface area contributed by atoms with Crippen LogP contribution in [0.1, 0.15) is 26.7 Å². The number of aromatic nitrogens is 3. The second-order valence-electron chi connectivity index (χ2n) is 6.94. The van der Waals surface area contributed by atoms with Crippen LogP contribution in [0.2, 0.25) is 5.02 Å².